The molecule has 1 radical (unpaired) electrons. The molecule has 5 aliphatic heterocycles. The number of unbranched alkanes of at least 4 members (excludes halogenated alkanes) is 9. The molecule has 2 bridgehead atoms. The minimum atomic E-state index is -2.37. The van der Waals surface area contributed by atoms with E-state index < -0.39 is 45.5 Å². The maximum Gasteiger partial charge on any atom is 0.256 e. The van der Waals surface area contributed by atoms with E-state index in [9.17, 15) is 20.1 Å². The quantitative estimate of drug-likeness (QED) is 0.0403. The molecule has 12 heteroatoms. The van der Waals surface area contributed by atoms with Crippen LogP contribution in [0.2, 0.25) is 0 Å². The van der Waals surface area contributed by atoms with E-state index in [1.54, 1.807) is 11.8 Å². The molecular formula is C61H85AcN5O6. The van der Waals surface area contributed by atoms with Crippen LogP contribution in [-0.4, -0.2) is 117 Å². The number of amides is 2. The first-order chi connectivity index (χ1) is 34.8. The second-order valence-corrected chi connectivity index (χ2v) is 23.0. The summed E-state index contributed by atoms with van der Waals surface area (Å²) in [7, 11) is 0. The second kappa shape index (κ2) is 23.3. The van der Waals surface area contributed by atoms with E-state index in [1.165, 1.54) is 25.7 Å². The van der Waals surface area contributed by atoms with Crippen molar-refractivity contribution in [2.24, 2.45) is 11.3 Å². The molecule has 6 heterocycles. The Balaban J connectivity index is 0.00000711. The van der Waals surface area contributed by atoms with Crippen LogP contribution in [0.25, 0.3) is 10.9 Å². The number of piperidine rings is 1. The number of benzene rings is 2. The number of para-hydroxylation sites is 1. The van der Waals surface area contributed by atoms with Gasteiger partial charge in [-0.05, 0) is 138 Å². The number of nitrogens with zero attached hydrogens (tertiary/aromatic N) is 3. The Morgan fingerprint density at radius 1 is 0.877 bits per heavy atom. The minimum Gasteiger partial charge on any atom is -0.389 e. The standard InChI is InChI=1S/C61H85N5O6.Ac/c1-6-9-10-11-12-13-14-15-16-17-18-19-20-21-22-25-32-62-56(70)61(72)54-59(31-35-65-33-26-30-58(8-3,53(59)65)55(61)69)49-37-48(43(4)36-51(49)66(54)42-67)60(44(5)68)39-45-38-57(71,7-2)41-64(40-45)34-29-47-46-27-23-24-28-50(46)63-52(47)60;/h12-13,15-16,23-24,26-28,30,36-37,42,45,53-55,63,69,71-72H,6-11,14,17-22,25,29,31-35,38-41H2,1-5H3,(H,62,70);/b13-12-,16-15-;/t45?,53-,54+,55+,57-,58+,59+,60-,61-;/m0./s1. The van der Waals surface area contributed by atoms with Crippen LogP contribution in [0.3, 0.4) is 0 Å². The molecule has 2 unspecified atom stereocenters. The van der Waals surface area contributed by atoms with Crippen LogP contribution < -0.4 is 10.2 Å². The van der Waals surface area contributed by atoms with Gasteiger partial charge < -0.3 is 30.5 Å². The van der Waals surface area contributed by atoms with E-state index >= 15 is 9.59 Å². The minimum absolute atomic E-state index is 0. The zero-order valence-corrected chi connectivity index (χ0v) is 49.5. The van der Waals surface area contributed by atoms with Gasteiger partial charge in [0.05, 0.1) is 17.1 Å². The van der Waals surface area contributed by atoms with Crippen LogP contribution in [-0.2, 0) is 31.6 Å². The summed E-state index contributed by atoms with van der Waals surface area (Å²) < 4.78 is 0. The van der Waals surface area contributed by atoms with Crippen molar-refractivity contribution in [3.05, 3.63) is 101 Å². The number of hydrogen-bond acceptors (Lipinski definition) is 8. The Morgan fingerprint density at radius 3 is 2.32 bits per heavy atom. The number of nitrogens with one attached hydrogen (secondary N) is 2. The molecule has 2 saturated heterocycles. The fourth-order valence-corrected chi connectivity index (χ4v) is 15.5. The van der Waals surface area contributed by atoms with E-state index in [2.05, 4.69) is 94.7 Å². The number of fused-ring (bicyclic) bond motifs is 6. The van der Waals surface area contributed by atoms with Crippen molar-refractivity contribution in [2.45, 2.75) is 190 Å². The summed E-state index contributed by atoms with van der Waals surface area (Å²) in [6.07, 6.45) is 29.2. The number of H-pyrrole nitrogens is 1. The van der Waals surface area contributed by atoms with Gasteiger partial charge in [-0.1, -0.05) is 120 Å². The maximum absolute atomic E-state index is 15.3. The van der Waals surface area contributed by atoms with Crippen molar-refractivity contribution in [3.8, 4) is 0 Å². The normalized spacial score (nSPS) is 32.4. The molecule has 73 heavy (non-hydrogen) atoms. The van der Waals surface area contributed by atoms with Gasteiger partial charge in [0, 0.05) is 116 Å². The van der Waals surface area contributed by atoms with Gasteiger partial charge in [-0.3, -0.25) is 24.2 Å². The predicted octanol–water partition coefficient (Wildman–Crippen LogP) is 9.42. The number of ketones is 1. The number of aromatic nitrogens is 1. The molecule has 2 amide bonds. The van der Waals surface area contributed by atoms with Crippen LogP contribution in [0.1, 0.15) is 165 Å². The van der Waals surface area contributed by atoms with Crippen LogP contribution in [0.5, 0.6) is 0 Å². The molecule has 10 atom stereocenters. The monoisotopic (exact) mass is 1210 g/mol. The first-order valence-electron chi connectivity index (χ1n) is 28.1. The largest absolute Gasteiger partial charge is 0.389 e. The Morgan fingerprint density at radius 2 is 1.60 bits per heavy atom. The number of aromatic amines is 1. The van der Waals surface area contributed by atoms with Crippen LogP contribution in [0.15, 0.2) is 72.9 Å². The predicted molar refractivity (Wildman–Crippen MR) is 288 cm³/mol. The average molecular weight is 1210 g/mol. The number of aliphatic hydroxyl groups excluding tert-OH is 1. The number of aryl methyl sites for hydroxylation is 1. The van der Waals surface area contributed by atoms with Crippen LogP contribution in [0, 0.1) is 62.3 Å². The summed E-state index contributed by atoms with van der Waals surface area (Å²) in [5.41, 5.74) is -0.272. The van der Waals surface area contributed by atoms with Gasteiger partial charge in [0.1, 0.15) is 11.9 Å². The molecule has 1 aliphatic carbocycles. The van der Waals surface area contributed by atoms with Crippen molar-refractivity contribution in [2.75, 3.05) is 44.2 Å². The molecule has 1 spiro atoms. The van der Waals surface area contributed by atoms with Gasteiger partial charge in [-0.15, -0.1) is 0 Å². The molecule has 2 aromatic carbocycles. The summed E-state index contributed by atoms with van der Waals surface area (Å²) in [5.74, 6) is -0.643. The second-order valence-electron chi connectivity index (χ2n) is 23.0. The fourth-order valence-electron chi connectivity index (χ4n) is 15.5. The molecule has 9 rings (SSSR count). The first-order valence-corrected chi connectivity index (χ1v) is 28.1. The Kier molecular flexibility index (Phi) is 18.0. The average Bonchev–Trinajstić information content (AvgIpc) is 4.05. The third-order valence-corrected chi connectivity index (χ3v) is 18.9. The third-order valence-electron chi connectivity index (χ3n) is 18.9. The number of carbonyl (C=O) groups excluding carboxylic acids is 3. The Hall–Kier alpha value is -2.95. The van der Waals surface area contributed by atoms with E-state index in [-0.39, 0.29) is 61.8 Å². The summed E-state index contributed by atoms with van der Waals surface area (Å²) in [4.78, 5) is 54.5. The summed E-state index contributed by atoms with van der Waals surface area (Å²) >= 11 is 0. The zero-order valence-electron chi connectivity index (χ0n) is 44.8. The van der Waals surface area contributed by atoms with E-state index in [0.29, 0.717) is 70.4 Å². The molecule has 5 N–H and O–H groups in total. The van der Waals surface area contributed by atoms with Crippen molar-refractivity contribution >= 4 is 34.7 Å². The summed E-state index contributed by atoms with van der Waals surface area (Å²) in [5, 5.41) is 42.7. The van der Waals surface area contributed by atoms with Crippen LogP contribution in [0.4, 0.5) is 5.69 Å². The van der Waals surface area contributed by atoms with Gasteiger partial charge in [0.25, 0.3) is 5.91 Å². The number of anilines is 1. The van der Waals surface area contributed by atoms with Crippen molar-refractivity contribution in [3.63, 3.8) is 0 Å². The molecule has 3 aromatic rings. The topological polar surface area (TPSA) is 149 Å². The zero-order chi connectivity index (χ0) is 50.9. The number of rotatable bonds is 21. The van der Waals surface area contributed by atoms with Crippen LogP contribution >= 0.6 is 0 Å². The first kappa shape index (κ1) is 56.3. The van der Waals surface area contributed by atoms with Gasteiger partial charge in [-0.2, -0.15) is 0 Å². The number of hydrogen-bond donors (Lipinski definition) is 5. The SMILES string of the molecule is CCCCC/C=C\C/C=C\CCCCCCCCNC(=O)[C@@]1(O)[C@H](O)[C@]2(CC)C=CCN3CC[C@@]4(c5cc([C@@]6(C(C)=O)CC7CN(CCc8c6[nH]c6ccccc86)C[C@](O)(CC)C7)c(C)cc5N(C=O)[C@@H]14)[C@@H]32.[Ac]. The number of allylic oxidation sites excluding steroid dienone is 4. The molecule has 1 aromatic heterocycles. The number of Topliss-reactive ketones (excluding diaryl/α,β-unsaturated/α-hetero) is 1. The Bertz CT molecular complexity index is 2560. The molecular weight excluding hydrogens is 1130 g/mol. The van der Waals surface area contributed by atoms with Gasteiger partial charge in [-0.25, -0.2) is 0 Å². The maximum atomic E-state index is 15.3. The molecule has 11 nitrogen and oxygen atoms in total. The smallest absolute Gasteiger partial charge is 0.256 e. The van der Waals surface area contributed by atoms with E-state index in [0.717, 1.165) is 110 Å². The van der Waals surface area contributed by atoms with Crippen molar-refractivity contribution in [1.29, 1.82) is 0 Å². The van der Waals surface area contributed by atoms with Gasteiger partial charge >= 0.3 is 0 Å². The third kappa shape index (κ3) is 9.79. The molecule has 3 fully saturated rings. The summed E-state index contributed by atoms with van der Waals surface area (Å²) in [6, 6.07) is 11.1. The molecule has 393 valence electrons. The van der Waals surface area contributed by atoms with Crippen molar-refractivity contribution in [1.82, 2.24) is 20.1 Å². The van der Waals surface area contributed by atoms with Crippen molar-refractivity contribution < 1.29 is 73.8 Å². The number of aliphatic hydroxyl groups is 3. The summed E-state index contributed by atoms with van der Waals surface area (Å²) in [6.45, 7) is 13.8. The van der Waals surface area contributed by atoms with E-state index in [4.69, 9.17) is 0 Å². The number of carbonyl (C=O) groups is 3. The Labute approximate surface area is 471 Å². The molecule has 6 aliphatic rings. The fraction of sp³-hybridized carbons (Fsp3) is 0.623. The molecule has 1 saturated carbocycles. The van der Waals surface area contributed by atoms with Gasteiger partial charge in [0.2, 0.25) is 6.41 Å². The van der Waals surface area contributed by atoms with E-state index in [1.807, 2.05) is 26.0 Å². The van der Waals surface area contributed by atoms with Gasteiger partial charge in [0.15, 0.2) is 5.60 Å².